The Bertz CT molecular complexity index is 835. The van der Waals surface area contributed by atoms with Crippen molar-refractivity contribution in [3.05, 3.63) is 56.2 Å². The highest BCUT2D eigenvalue weighted by Gasteiger charge is 2.09. The molecule has 19 heavy (non-hydrogen) atoms. The number of benzene rings is 2. The Morgan fingerprint density at radius 1 is 1.21 bits per heavy atom. The van der Waals surface area contributed by atoms with Crippen LogP contribution in [0.4, 0.5) is 0 Å². The van der Waals surface area contributed by atoms with E-state index in [4.69, 9.17) is 23.8 Å². The van der Waals surface area contributed by atoms with Gasteiger partial charge in [-0.2, -0.15) is 0 Å². The van der Waals surface area contributed by atoms with Gasteiger partial charge in [0.15, 0.2) is 4.77 Å². The molecular formula is C14H10BrClN2S. The number of hydrogen-bond donors (Lipinski definition) is 1. The lowest BCUT2D eigenvalue weighted by molar-refractivity contribution is 1.06. The number of rotatable bonds is 1. The highest BCUT2D eigenvalue weighted by molar-refractivity contribution is 9.10. The van der Waals surface area contributed by atoms with Gasteiger partial charge in [0.05, 0.1) is 21.7 Å². The molecule has 1 heterocycles. The zero-order chi connectivity index (χ0) is 13.6. The second-order valence-electron chi connectivity index (χ2n) is 4.38. The summed E-state index contributed by atoms with van der Waals surface area (Å²) in [5.74, 6) is 0. The van der Waals surface area contributed by atoms with E-state index in [0.29, 0.717) is 9.79 Å². The lowest BCUT2D eigenvalue weighted by Gasteiger charge is -2.07. The third-order valence-corrected chi connectivity index (χ3v) is 4.07. The lowest BCUT2D eigenvalue weighted by atomic mass is 10.2. The van der Waals surface area contributed by atoms with Crippen LogP contribution in [0.1, 0.15) is 5.56 Å². The number of nitrogens with one attached hydrogen (secondary N) is 1. The molecule has 3 aromatic rings. The van der Waals surface area contributed by atoms with Crippen LogP contribution in [0.25, 0.3) is 16.7 Å². The number of imidazole rings is 1. The Labute approximate surface area is 129 Å². The summed E-state index contributed by atoms with van der Waals surface area (Å²) >= 11 is 15.2. The fourth-order valence-electron chi connectivity index (χ4n) is 2.12. The molecule has 96 valence electrons. The van der Waals surface area contributed by atoms with Crippen molar-refractivity contribution in [2.24, 2.45) is 0 Å². The normalized spacial score (nSPS) is 11.1. The highest BCUT2D eigenvalue weighted by atomic mass is 79.9. The van der Waals surface area contributed by atoms with Crippen molar-refractivity contribution < 1.29 is 0 Å². The summed E-state index contributed by atoms with van der Waals surface area (Å²) in [6.45, 7) is 2.02. The van der Waals surface area contributed by atoms with Crippen LogP contribution in [-0.4, -0.2) is 9.55 Å². The number of hydrogen-bond acceptors (Lipinski definition) is 1. The van der Waals surface area contributed by atoms with Crippen LogP contribution >= 0.6 is 39.7 Å². The molecule has 0 saturated heterocycles. The Morgan fingerprint density at radius 3 is 2.74 bits per heavy atom. The Balaban J connectivity index is 2.36. The predicted molar refractivity (Wildman–Crippen MR) is 85.9 cm³/mol. The second kappa shape index (κ2) is 4.78. The average Bonchev–Trinajstić information content (AvgIpc) is 2.65. The fraction of sp³-hybridized carbons (Fsp3) is 0.0714. The van der Waals surface area contributed by atoms with E-state index in [-0.39, 0.29) is 0 Å². The molecule has 0 fully saturated rings. The van der Waals surface area contributed by atoms with Crippen molar-refractivity contribution in [1.82, 2.24) is 9.55 Å². The molecule has 0 unspecified atom stereocenters. The molecule has 2 aromatic carbocycles. The summed E-state index contributed by atoms with van der Waals surface area (Å²) in [5, 5.41) is 0.694. The molecule has 0 radical (unpaired) electrons. The van der Waals surface area contributed by atoms with E-state index >= 15 is 0 Å². The van der Waals surface area contributed by atoms with Gasteiger partial charge in [-0.05, 0) is 55.0 Å². The van der Waals surface area contributed by atoms with Crippen LogP contribution < -0.4 is 0 Å². The van der Waals surface area contributed by atoms with Gasteiger partial charge >= 0.3 is 0 Å². The zero-order valence-electron chi connectivity index (χ0n) is 10.1. The van der Waals surface area contributed by atoms with Crippen LogP contribution in [-0.2, 0) is 0 Å². The van der Waals surface area contributed by atoms with E-state index in [1.807, 2.05) is 47.9 Å². The van der Waals surface area contributed by atoms with Gasteiger partial charge in [-0.1, -0.05) is 33.6 Å². The minimum absolute atomic E-state index is 0.638. The van der Waals surface area contributed by atoms with Gasteiger partial charge < -0.3 is 4.98 Å². The SMILES string of the molecule is Cc1ccc(-n2c(=S)[nH]c3cc(Br)ccc32)c(Cl)c1. The molecule has 1 aromatic heterocycles. The number of aromatic nitrogens is 2. The highest BCUT2D eigenvalue weighted by Crippen LogP contribution is 2.27. The van der Waals surface area contributed by atoms with Crippen LogP contribution in [0.15, 0.2) is 40.9 Å². The first-order chi connectivity index (χ1) is 9.06. The Hall–Kier alpha value is -1.10. The molecule has 0 atom stereocenters. The van der Waals surface area contributed by atoms with Gasteiger partial charge in [0.2, 0.25) is 0 Å². The van der Waals surface area contributed by atoms with E-state index in [0.717, 1.165) is 26.8 Å². The maximum atomic E-state index is 6.33. The number of H-pyrrole nitrogens is 1. The maximum absolute atomic E-state index is 6.33. The average molecular weight is 354 g/mol. The van der Waals surface area contributed by atoms with E-state index in [9.17, 15) is 0 Å². The zero-order valence-corrected chi connectivity index (χ0v) is 13.2. The van der Waals surface area contributed by atoms with Gasteiger partial charge in [-0.25, -0.2) is 0 Å². The number of aromatic amines is 1. The van der Waals surface area contributed by atoms with Crippen LogP contribution in [0.2, 0.25) is 5.02 Å². The van der Waals surface area contributed by atoms with Crippen molar-refractivity contribution in [1.29, 1.82) is 0 Å². The molecule has 0 aliphatic rings. The van der Waals surface area contributed by atoms with Gasteiger partial charge in [-0.15, -0.1) is 0 Å². The molecule has 0 amide bonds. The molecule has 0 aliphatic carbocycles. The molecule has 0 spiro atoms. The van der Waals surface area contributed by atoms with E-state index in [1.165, 1.54) is 0 Å². The van der Waals surface area contributed by atoms with Gasteiger partial charge in [0.25, 0.3) is 0 Å². The summed E-state index contributed by atoms with van der Waals surface area (Å²) in [7, 11) is 0. The number of halogens is 2. The first-order valence-corrected chi connectivity index (χ1v) is 7.31. The second-order valence-corrected chi connectivity index (χ2v) is 6.09. The smallest absolute Gasteiger partial charge is 0.182 e. The minimum atomic E-state index is 0.638. The Morgan fingerprint density at radius 2 is 2.00 bits per heavy atom. The van der Waals surface area contributed by atoms with Gasteiger partial charge in [0.1, 0.15) is 0 Å². The topological polar surface area (TPSA) is 20.7 Å². The van der Waals surface area contributed by atoms with Crippen molar-refractivity contribution in [2.75, 3.05) is 0 Å². The fourth-order valence-corrected chi connectivity index (χ4v) is 3.10. The lowest BCUT2D eigenvalue weighted by Crippen LogP contribution is -1.95. The first kappa shape index (κ1) is 12.9. The largest absolute Gasteiger partial charge is 0.330 e. The summed E-state index contributed by atoms with van der Waals surface area (Å²) in [4.78, 5) is 3.20. The molecule has 5 heteroatoms. The molecule has 2 nitrogen and oxygen atoms in total. The first-order valence-electron chi connectivity index (χ1n) is 5.73. The Kier molecular flexibility index (Phi) is 3.25. The number of fused-ring (bicyclic) bond motifs is 1. The molecule has 1 N–H and O–H groups in total. The van der Waals surface area contributed by atoms with Crippen LogP contribution in [0.3, 0.4) is 0 Å². The molecule has 0 bridgehead atoms. The van der Waals surface area contributed by atoms with Gasteiger partial charge in [-0.3, -0.25) is 4.57 Å². The standard InChI is InChI=1S/C14H10BrClN2S/c1-8-2-4-12(10(16)6-8)18-13-5-3-9(15)7-11(13)17-14(18)19/h2-7H,1H3,(H,17,19). The van der Waals surface area contributed by atoms with Crippen molar-refractivity contribution in [3.63, 3.8) is 0 Å². The summed E-state index contributed by atoms with van der Waals surface area (Å²) in [6.07, 6.45) is 0. The molecule has 3 rings (SSSR count). The van der Waals surface area contributed by atoms with Crippen LogP contribution in [0.5, 0.6) is 0 Å². The number of aryl methyl sites for hydroxylation is 1. The maximum Gasteiger partial charge on any atom is 0.182 e. The molecule has 0 aliphatic heterocycles. The third-order valence-electron chi connectivity index (χ3n) is 2.99. The number of nitrogens with zero attached hydrogens (tertiary/aromatic N) is 1. The van der Waals surface area contributed by atoms with E-state index in [2.05, 4.69) is 20.9 Å². The molecular weight excluding hydrogens is 344 g/mol. The van der Waals surface area contributed by atoms with Crippen LogP contribution in [0, 0.1) is 11.7 Å². The summed E-state index contributed by atoms with van der Waals surface area (Å²) < 4.78 is 3.61. The predicted octanol–water partition coefficient (Wildman–Crippen LogP) is 5.41. The quantitative estimate of drug-likeness (QED) is 0.580. The van der Waals surface area contributed by atoms with Gasteiger partial charge in [0, 0.05) is 4.47 Å². The van der Waals surface area contributed by atoms with E-state index < -0.39 is 0 Å². The molecule has 0 saturated carbocycles. The summed E-state index contributed by atoms with van der Waals surface area (Å²) in [6, 6.07) is 12.0. The van der Waals surface area contributed by atoms with Crippen molar-refractivity contribution in [3.8, 4) is 5.69 Å². The minimum Gasteiger partial charge on any atom is -0.330 e. The van der Waals surface area contributed by atoms with Crippen molar-refractivity contribution >= 4 is 50.8 Å². The monoisotopic (exact) mass is 352 g/mol. The third kappa shape index (κ3) is 2.24. The summed E-state index contributed by atoms with van der Waals surface area (Å²) in [5.41, 5.74) is 4.02. The van der Waals surface area contributed by atoms with E-state index in [1.54, 1.807) is 0 Å². The van der Waals surface area contributed by atoms with Crippen molar-refractivity contribution in [2.45, 2.75) is 6.92 Å².